The molecule has 1 aromatic rings. The number of pyridine rings is 1. The van der Waals surface area contributed by atoms with Gasteiger partial charge in [0.15, 0.2) is 0 Å². The maximum atomic E-state index is 12.4. The van der Waals surface area contributed by atoms with Crippen LogP contribution < -0.4 is 10.5 Å². The van der Waals surface area contributed by atoms with E-state index in [1.807, 2.05) is 0 Å². The Balaban J connectivity index is 3.27. The van der Waals surface area contributed by atoms with Gasteiger partial charge in [-0.25, -0.2) is 13.8 Å². The summed E-state index contributed by atoms with van der Waals surface area (Å²) in [5.41, 5.74) is 4.79. The van der Waals surface area contributed by atoms with Gasteiger partial charge < -0.3 is 15.6 Å². The molecule has 0 amide bonds. The summed E-state index contributed by atoms with van der Waals surface area (Å²) < 4.78 is 29.5. The lowest BCUT2D eigenvalue weighted by molar-refractivity contribution is 0.151. The highest BCUT2D eigenvalue weighted by molar-refractivity contribution is 5.53. The van der Waals surface area contributed by atoms with Gasteiger partial charge in [0.25, 0.3) is 6.43 Å². The van der Waals surface area contributed by atoms with Gasteiger partial charge in [-0.15, -0.1) is 0 Å². The highest BCUT2D eigenvalue weighted by Gasteiger charge is 2.16. The molecular weight excluding hydrogens is 194 g/mol. The van der Waals surface area contributed by atoms with Gasteiger partial charge >= 0.3 is 0 Å². The maximum Gasteiger partial charge on any atom is 0.266 e. The van der Waals surface area contributed by atoms with E-state index in [1.165, 1.54) is 7.11 Å². The molecule has 0 radical (unpaired) electrons. The van der Waals surface area contributed by atoms with Crippen LogP contribution in [0.1, 0.15) is 17.7 Å². The topological polar surface area (TPSA) is 68.4 Å². The number of anilines is 1. The van der Waals surface area contributed by atoms with Crippen LogP contribution in [0.2, 0.25) is 0 Å². The molecule has 1 rings (SSSR count). The molecule has 1 aromatic heterocycles. The number of halogens is 2. The molecule has 0 atom stereocenters. The zero-order valence-electron chi connectivity index (χ0n) is 7.50. The van der Waals surface area contributed by atoms with Gasteiger partial charge in [-0.1, -0.05) is 0 Å². The molecule has 0 aliphatic heterocycles. The molecule has 3 N–H and O–H groups in total. The lowest BCUT2D eigenvalue weighted by atomic mass is 10.2. The molecule has 0 spiro atoms. The number of aliphatic hydroxyl groups excluding tert-OH is 1. The van der Waals surface area contributed by atoms with Gasteiger partial charge in [0.1, 0.15) is 0 Å². The van der Waals surface area contributed by atoms with Crippen LogP contribution >= 0.6 is 0 Å². The van der Waals surface area contributed by atoms with Crippen LogP contribution in [0.5, 0.6) is 5.88 Å². The number of methoxy groups -OCH3 is 1. The predicted molar refractivity (Wildman–Crippen MR) is 46.1 cm³/mol. The molecule has 0 unspecified atom stereocenters. The summed E-state index contributed by atoms with van der Waals surface area (Å²) in [5, 5.41) is 8.80. The molecule has 14 heavy (non-hydrogen) atoms. The van der Waals surface area contributed by atoms with Gasteiger partial charge in [0, 0.05) is 11.6 Å². The number of alkyl halides is 2. The standard InChI is InChI=1S/C8H10F2N2O2/c1-14-6-2-4(8(9)10)7(11)5(3-13)12-6/h2,8,13H,3,11H2,1H3. The number of nitrogens with zero attached hydrogens (tertiary/aromatic N) is 1. The van der Waals surface area contributed by atoms with Gasteiger partial charge in [-0.05, 0) is 0 Å². The van der Waals surface area contributed by atoms with E-state index < -0.39 is 13.0 Å². The second-order valence-corrected chi connectivity index (χ2v) is 2.57. The Morgan fingerprint density at radius 3 is 2.71 bits per heavy atom. The van der Waals surface area contributed by atoms with Crippen molar-refractivity contribution in [2.75, 3.05) is 12.8 Å². The average Bonchev–Trinajstić information content (AvgIpc) is 2.17. The van der Waals surface area contributed by atoms with E-state index in [4.69, 9.17) is 15.6 Å². The third kappa shape index (κ3) is 1.90. The van der Waals surface area contributed by atoms with Crippen molar-refractivity contribution in [1.29, 1.82) is 0 Å². The predicted octanol–water partition coefficient (Wildman–Crippen LogP) is 1.10. The van der Waals surface area contributed by atoms with Gasteiger partial charge in [0.2, 0.25) is 5.88 Å². The second kappa shape index (κ2) is 4.19. The van der Waals surface area contributed by atoms with Crippen molar-refractivity contribution in [3.8, 4) is 5.88 Å². The fourth-order valence-electron chi connectivity index (χ4n) is 1.01. The molecule has 78 valence electrons. The lowest BCUT2D eigenvalue weighted by Gasteiger charge is -2.10. The van der Waals surface area contributed by atoms with Crippen LogP contribution in [0.4, 0.5) is 14.5 Å². The third-order valence-corrected chi connectivity index (χ3v) is 1.74. The minimum atomic E-state index is -2.71. The number of nitrogens with two attached hydrogens (primary N) is 1. The Hall–Kier alpha value is -1.43. The largest absolute Gasteiger partial charge is 0.481 e. The quantitative estimate of drug-likeness (QED) is 0.773. The molecule has 4 nitrogen and oxygen atoms in total. The minimum absolute atomic E-state index is 0.000324. The summed E-state index contributed by atoms with van der Waals surface area (Å²) in [4.78, 5) is 3.72. The molecule has 0 aliphatic carbocycles. The van der Waals surface area contributed by atoms with Crippen LogP contribution in [-0.4, -0.2) is 17.2 Å². The lowest BCUT2D eigenvalue weighted by Crippen LogP contribution is -2.05. The molecule has 6 heteroatoms. The maximum absolute atomic E-state index is 12.4. The van der Waals surface area contributed by atoms with E-state index in [-0.39, 0.29) is 22.8 Å². The van der Waals surface area contributed by atoms with Crippen molar-refractivity contribution < 1.29 is 18.6 Å². The Labute approximate surface area is 79.3 Å². The summed E-state index contributed by atoms with van der Waals surface area (Å²) in [6.07, 6.45) is -2.71. The van der Waals surface area contributed by atoms with Crippen molar-refractivity contribution in [3.63, 3.8) is 0 Å². The number of rotatable bonds is 3. The van der Waals surface area contributed by atoms with Gasteiger partial charge in [-0.2, -0.15) is 0 Å². The number of aliphatic hydroxyl groups is 1. The first kappa shape index (κ1) is 10.6. The van der Waals surface area contributed by atoms with Crippen molar-refractivity contribution in [1.82, 2.24) is 4.98 Å². The fraction of sp³-hybridized carbons (Fsp3) is 0.375. The number of nitrogen functional groups attached to an aromatic ring is 1. The first-order valence-electron chi connectivity index (χ1n) is 3.82. The summed E-state index contributed by atoms with van der Waals surface area (Å²) in [6.45, 7) is -0.497. The summed E-state index contributed by atoms with van der Waals surface area (Å²) in [7, 11) is 1.30. The first-order chi connectivity index (χ1) is 6.60. The van der Waals surface area contributed by atoms with E-state index in [0.717, 1.165) is 6.07 Å². The van der Waals surface area contributed by atoms with E-state index >= 15 is 0 Å². The van der Waals surface area contributed by atoms with Crippen LogP contribution in [0.25, 0.3) is 0 Å². The summed E-state index contributed by atoms with van der Waals surface area (Å²) in [5.74, 6) is 0.0125. The molecule has 0 saturated carbocycles. The zero-order chi connectivity index (χ0) is 10.7. The fourth-order valence-corrected chi connectivity index (χ4v) is 1.01. The number of ether oxygens (including phenoxy) is 1. The van der Waals surface area contributed by atoms with E-state index in [9.17, 15) is 8.78 Å². The number of hydrogen-bond acceptors (Lipinski definition) is 4. The van der Waals surface area contributed by atoms with Crippen LogP contribution in [-0.2, 0) is 6.61 Å². The molecule has 0 aliphatic rings. The highest BCUT2D eigenvalue weighted by atomic mass is 19.3. The Kier molecular flexibility index (Phi) is 3.19. The number of aromatic nitrogens is 1. The SMILES string of the molecule is COc1cc(C(F)F)c(N)c(CO)n1. The molecule has 0 fully saturated rings. The van der Waals surface area contributed by atoms with E-state index in [0.29, 0.717) is 0 Å². The Morgan fingerprint density at radius 2 is 2.29 bits per heavy atom. The zero-order valence-corrected chi connectivity index (χ0v) is 7.50. The molecule has 0 bridgehead atoms. The van der Waals surface area contributed by atoms with Crippen molar-refractivity contribution in [2.24, 2.45) is 0 Å². The summed E-state index contributed by atoms with van der Waals surface area (Å²) in [6, 6.07) is 1.05. The average molecular weight is 204 g/mol. The van der Waals surface area contributed by atoms with Gasteiger partial charge in [-0.3, -0.25) is 0 Å². The van der Waals surface area contributed by atoms with E-state index in [2.05, 4.69) is 4.98 Å². The smallest absolute Gasteiger partial charge is 0.266 e. The molecular formula is C8H10F2N2O2. The third-order valence-electron chi connectivity index (χ3n) is 1.74. The Morgan fingerprint density at radius 1 is 1.64 bits per heavy atom. The normalized spacial score (nSPS) is 10.6. The van der Waals surface area contributed by atoms with Crippen molar-refractivity contribution >= 4 is 5.69 Å². The molecule has 0 saturated heterocycles. The monoisotopic (exact) mass is 204 g/mol. The number of hydrogen-bond donors (Lipinski definition) is 2. The Bertz CT molecular complexity index is 331. The molecule has 0 aromatic carbocycles. The van der Waals surface area contributed by atoms with Crippen LogP contribution in [0.3, 0.4) is 0 Å². The van der Waals surface area contributed by atoms with Crippen molar-refractivity contribution in [2.45, 2.75) is 13.0 Å². The van der Waals surface area contributed by atoms with Crippen LogP contribution in [0, 0.1) is 0 Å². The first-order valence-corrected chi connectivity index (χ1v) is 3.82. The minimum Gasteiger partial charge on any atom is -0.481 e. The second-order valence-electron chi connectivity index (χ2n) is 2.57. The van der Waals surface area contributed by atoms with Crippen LogP contribution in [0.15, 0.2) is 6.07 Å². The summed E-state index contributed by atoms with van der Waals surface area (Å²) >= 11 is 0. The van der Waals surface area contributed by atoms with Gasteiger partial charge in [0.05, 0.1) is 25.1 Å². The molecule has 1 heterocycles. The van der Waals surface area contributed by atoms with E-state index in [1.54, 1.807) is 0 Å². The van der Waals surface area contributed by atoms with Crippen molar-refractivity contribution in [3.05, 3.63) is 17.3 Å². The highest BCUT2D eigenvalue weighted by Crippen LogP contribution is 2.29.